The molecular formula is C30H33N3O9. The molecule has 0 fully saturated rings. The van der Waals surface area contributed by atoms with Crippen molar-refractivity contribution in [3.63, 3.8) is 0 Å². The van der Waals surface area contributed by atoms with Crippen molar-refractivity contribution < 1.29 is 44.4 Å². The molecule has 0 saturated heterocycles. The number of ketones is 1. The van der Waals surface area contributed by atoms with Gasteiger partial charge in [0, 0.05) is 25.2 Å². The highest BCUT2D eigenvalue weighted by molar-refractivity contribution is 6.41. The van der Waals surface area contributed by atoms with Gasteiger partial charge in [0.25, 0.3) is 0 Å². The zero-order valence-corrected chi connectivity index (χ0v) is 22.9. The first kappa shape index (κ1) is 31.8. The Balaban J connectivity index is 1.62. The molecule has 3 aromatic rings. The number of carbonyl (C=O) groups excluding carboxylic acids is 1. The maximum Gasteiger partial charge on any atom is 0.320 e. The van der Waals surface area contributed by atoms with Gasteiger partial charge < -0.3 is 20.4 Å². The quantitative estimate of drug-likeness (QED) is 0.0751. The van der Waals surface area contributed by atoms with Crippen LogP contribution in [0.3, 0.4) is 0 Å². The van der Waals surface area contributed by atoms with E-state index in [0.29, 0.717) is 18.4 Å². The highest BCUT2D eigenvalue weighted by Gasteiger charge is 2.28. The van der Waals surface area contributed by atoms with Crippen molar-refractivity contribution in [2.24, 2.45) is 4.99 Å². The predicted molar refractivity (Wildman–Crippen MR) is 155 cm³/mol. The van der Waals surface area contributed by atoms with Crippen molar-refractivity contribution in [1.82, 2.24) is 9.80 Å². The van der Waals surface area contributed by atoms with E-state index in [-0.39, 0.29) is 31.8 Å². The van der Waals surface area contributed by atoms with Gasteiger partial charge in [-0.2, -0.15) is 0 Å². The van der Waals surface area contributed by atoms with E-state index >= 15 is 0 Å². The molecule has 3 aromatic carbocycles. The molecule has 1 unspecified atom stereocenters. The first-order valence-electron chi connectivity index (χ1n) is 13.4. The van der Waals surface area contributed by atoms with E-state index < -0.39 is 49.6 Å². The number of carboxylic acids is 4. The Kier molecular flexibility index (Phi) is 11.6. The summed E-state index contributed by atoms with van der Waals surface area (Å²) in [4.78, 5) is 65.2. The standard InChI is InChI=1S/C30H33N3O9/c34-25(29-22-9-3-1-7-20(22)15-21-8-2-4-10-23(21)29)16-31-12-6-5-11-24(30(41)42)33(19-28(39)40)14-13-32(17-26(35)36)18-27(37)38/h1-4,7-10,15-16,24H,5-6,11-14,17-19H2,(H,35,36)(H,37,38)(H,39,40)(H,41,42). The lowest BCUT2D eigenvalue weighted by Gasteiger charge is -2.29. The Morgan fingerprint density at radius 2 is 1.29 bits per heavy atom. The molecule has 42 heavy (non-hydrogen) atoms. The Labute approximate surface area is 241 Å². The molecule has 0 spiro atoms. The van der Waals surface area contributed by atoms with Crippen LogP contribution in [-0.2, 0) is 19.2 Å². The number of unbranched alkanes of at least 4 members (excludes halogenated alkanes) is 1. The van der Waals surface area contributed by atoms with Crippen LogP contribution in [-0.4, -0.2) is 111 Å². The number of Topliss-reactive ketones (excluding diaryl/α,β-unsaturated/α-hetero) is 1. The van der Waals surface area contributed by atoms with Gasteiger partial charge >= 0.3 is 23.9 Å². The second kappa shape index (κ2) is 15.4. The number of hydrogen-bond acceptors (Lipinski definition) is 8. The summed E-state index contributed by atoms with van der Waals surface area (Å²) in [5.74, 6) is -5.28. The minimum atomic E-state index is -1.27. The number of aliphatic imine (C=N–C) groups is 1. The number of nitrogens with zero attached hydrogens (tertiary/aromatic N) is 3. The van der Waals surface area contributed by atoms with Crippen LogP contribution in [0.25, 0.3) is 21.5 Å². The van der Waals surface area contributed by atoms with Crippen molar-refractivity contribution in [2.45, 2.75) is 25.3 Å². The van der Waals surface area contributed by atoms with Crippen molar-refractivity contribution in [3.8, 4) is 0 Å². The van der Waals surface area contributed by atoms with Crippen LogP contribution < -0.4 is 0 Å². The molecule has 0 radical (unpaired) electrons. The fourth-order valence-electron chi connectivity index (χ4n) is 4.88. The molecule has 12 nitrogen and oxygen atoms in total. The first-order chi connectivity index (χ1) is 20.1. The van der Waals surface area contributed by atoms with Gasteiger partial charge in [-0.3, -0.25) is 38.8 Å². The minimum absolute atomic E-state index is 0.0813. The number of hydrogen-bond donors (Lipinski definition) is 4. The lowest BCUT2D eigenvalue weighted by molar-refractivity contribution is -0.148. The van der Waals surface area contributed by atoms with E-state index in [1.165, 1.54) is 11.1 Å². The lowest BCUT2D eigenvalue weighted by Crippen LogP contribution is -2.48. The topological polar surface area (TPSA) is 185 Å². The maximum absolute atomic E-state index is 13.2. The summed E-state index contributed by atoms with van der Waals surface area (Å²) in [6, 6.07) is 16.1. The van der Waals surface area contributed by atoms with Crippen molar-refractivity contribution in [3.05, 3.63) is 60.2 Å². The molecule has 0 aliphatic rings. The molecule has 222 valence electrons. The molecule has 0 saturated carbocycles. The van der Waals surface area contributed by atoms with Crippen molar-refractivity contribution in [1.29, 1.82) is 0 Å². The van der Waals surface area contributed by atoms with Gasteiger partial charge in [-0.15, -0.1) is 0 Å². The molecule has 3 rings (SSSR count). The van der Waals surface area contributed by atoms with Gasteiger partial charge in [-0.25, -0.2) is 0 Å². The summed E-state index contributed by atoms with van der Waals surface area (Å²) < 4.78 is 0. The summed E-state index contributed by atoms with van der Waals surface area (Å²) in [6.45, 7) is -1.84. The molecule has 1 atom stereocenters. The van der Waals surface area contributed by atoms with Crippen LogP contribution >= 0.6 is 0 Å². The largest absolute Gasteiger partial charge is 0.480 e. The number of carboxylic acid groups (broad SMARTS) is 4. The van der Waals surface area contributed by atoms with Crippen LogP contribution in [0.1, 0.15) is 29.6 Å². The number of carbonyl (C=O) groups is 5. The smallest absolute Gasteiger partial charge is 0.320 e. The average molecular weight is 580 g/mol. The Hall–Kier alpha value is -4.68. The zero-order valence-electron chi connectivity index (χ0n) is 22.9. The molecule has 0 aliphatic heterocycles. The van der Waals surface area contributed by atoms with Gasteiger partial charge in [0.15, 0.2) is 0 Å². The molecule has 4 N–H and O–H groups in total. The summed E-state index contributed by atoms with van der Waals surface area (Å²) in [5.41, 5.74) is 0.558. The van der Waals surface area contributed by atoms with E-state index in [1.807, 2.05) is 54.6 Å². The highest BCUT2D eigenvalue weighted by atomic mass is 16.4. The second-order valence-corrected chi connectivity index (χ2v) is 9.81. The van der Waals surface area contributed by atoms with Crippen LogP contribution in [0.15, 0.2) is 59.6 Å². The predicted octanol–water partition coefficient (Wildman–Crippen LogP) is 2.73. The van der Waals surface area contributed by atoms with Gasteiger partial charge in [-0.05, 0) is 46.9 Å². The highest BCUT2D eigenvalue weighted by Crippen LogP contribution is 2.28. The number of rotatable bonds is 18. The molecule has 0 aliphatic carbocycles. The molecule has 12 heteroatoms. The van der Waals surface area contributed by atoms with E-state index in [1.54, 1.807) is 0 Å². The summed E-state index contributed by atoms with van der Waals surface area (Å²) in [7, 11) is 0. The molecular weight excluding hydrogens is 546 g/mol. The Bertz CT molecular complexity index is 1420. The Morgan fingerprint density at radius 1 is 0.738 bits per heavy atom. The van der Waals surface area contributed by atoms with Crippen molar-refractivity contribution in [2.75, 3.05) is 39.3 Å². The summed E-state index contributed by atoms with van der Waals surface area (Å²) >= 11 is 0. The van der Waals surface area contributed by atoms with Gasteiger partial charge in [0.2, 0.25) is 5.78 Å². The normalized spacial score (nSPS) is 12.3. The average Bonchev–Trinajstić information content (AvgIpc) is 2.92. The number of fused-ring (bicyclic) bond motifs is 2. The van der Waals surface area contributed by atoms with Crippen LogP contribution in [0.2, 0.25) is 0 Å². The second-order valence-electron chi connectivity index (χ2n) is 9.81. The first-order valence-corrected chi connectivity index (χ1v) is 13.4. The van der Waals surface area contributed by atoms with E-state index in [2.05, 4.69) is 4.99 Å². The third kappa shape index (κ3) is 9.18. The van der Waals surface area contributed by atoms with Crippen molar-refractivity contribution >= 4 is 57.4 Å². The molecule has 0 heterocycles. The van der Waals surface area contributed by atoms with E-state index in [9.17, 15) is 34.2 Å². The fraction of sp³-hybridized carbons (Fsp3) is 0.333. The molecule has 0 aromatic heterocycles. The van der Waals surface area contributed by atoms with Gasteiger partial charge in [0.1, 0.15) is 6.04 Å². The van der Waals surface area contributed by atoms with E-state index in [4.69, 9.17) is 10.2 Å². The lowest BCUT2D eigenvalue weighted by atomic mass is 9.94. The fourth-order valence-corrected chi connectivity index (χ4v) is 4.88. The minimum Gasteiger partial charge on any atom is -0.480 e. The Morgan fingerprint density at radius 3 is 1.81 bits per heavy atom. The number of benzene rings is 3. The van der Waals surface area contributed by atoms with Crippen LogP contribution in [0.5, 0.6) is 0 Å². The van der Waals surface area contributed by atoms with Gasteiger partial charge in [-0.1, -0.05) is 48.5 Å². The number of aliphatic carboxylic acids is 4. The van der Waals surface area contributed by atoms with E-state index in [0.717, 1.165) is 26.4 Å². The van der Waals surface area contributed by atoms with Gasteiger partial charge in [0.05, 0.1) is 25.8 Å². The molecule has 0 bridgehead atoms. The SMILES string of the molecule is O=C(O)CN(CCN(CC(=O)O)C(CCCCN=CC(=O)c1c2ccccc2cc2ccccc12)C(=O)O)CC(=O)O. The zero-order chi connectivity index (χ0) is 30.6. The summed E-state index contributed by atoms with van der Waals surface area (Å²) in [5, 5.41) is 40.6. The summed E-state index contributed by atoms with van der Waals surface area (Å²) in [6.07, 6.45) is 2.16. The third-order valence-corrected chi connectivity index (χ3v) is 6.73. The molecule has 0 amide bonds. The maximum atomic E-state index is 13.2. The monoisotopic (exact) mass is 579 g/mol. The van der Waals surface area contributed by atoms with Crippen LogP contribution in [0, 0.1) is 0 Å². The van der Waals surface area contributed by atoms with Crippen LogP contribution in [0.4, 0.5) is 0 Å². The third-order valence-electron chi connectivity index (χ3n) is 6.73.